The Morgan fingerprint density at radius 3 is 2.39 bits per heavy atom. The molecule has 126 valence electrons. The lowest BCUT2D eigenvalue weighted by Crippen LogP contribution is -2.25. The van der Waals surface area contributed by atoms with Crippen LogP contribution in [0.1, 0.15) is 25.3 Å². The topological polar surface area (TPSA) is 15.3 Å². The molecule has 2 aromatic carbocycles. The van der Waals surface area contributed by atoms with Gasteiger partial charge in [0.25, 0.3) is 0 Å². The van der Waals surface area contributed by atoms with Crippen LogP contribution in [0.15, 0.2) is 48.5 Å². The van der Waals surface area contributed by atoms with E-state index in [4.69, 9.17) is 0 Å². The number of anilines is 2. The molecule has 5 heteroatoms. The van der Waals surface area contributed by atoms with E-state index in [1.807, 2.05) is 0 Å². The largest absolute Gasteiger partial charge is 0.381 e. The van der Waals surface area contributed by atoms with Gasteiger partial charge in [0.05, 0.1) is 0 Å². The maximum atomic E-state index is 12.9. The minimum Gasteiger partial charge on any atom is -0.381 e. The van der Waals surface area contributed by atoms with Crippen molar-refractivity contribution in [1.29, 1.82) is 0 Å². The Hall–Kier alpha value is -1.45. The standard InChI is InChI=1S/C18H21FN2.2ClH/c1-2-21(17-10-11-17)18-5-3-4-14(12-18)13-20-16-8-6-15(19)7-9-16;;/h3-9,12,17,20H,2,10-11,13H2,1H3;2*1H. The van der Waals surface area contributed by atoms with Crippen LogP contribution in [0.2, 0.25) is 0 Å². The Morgan fingerprint density at radius 1 is 1.09 bits per heavy atom. The monoisotopic (exact) mass is 356 g/mol. The minimum atomic E-state index is -0.203. The van der Waals surface area contributed by atoms with Gasteiger partial charge < -0.3 is 10.2 Å². The van der Waals surface area contributed by atoms with E-state index in [2.05, 4.69) is 41.4 Å². The summed E-state index contributed by atoms with van der Waals surface area (Å²) < 4.78 is 12.9. The zero-order valence-corrected chi connectivity index (χ0v) is 14.8. The number of nitrogens with zero attached hydrogens (tertiary/aromatic N) is 1. The molecule has 0 aromatic heterocycles. The van der Waals surface area contributed by atoms with Crippen LogP contribution >= 0.6 is 24.8 Å². The summed E-state index contributed by atoms with van der Waals surface area (Å²) in [7, 11) is 0. The van der Waals surface area contributed by atoms with Crippen LogP contribution in [0.5, 0.6) is 0 Å². The third-order valence-corrected chi connectivity index (χ3v) is 3.91. The fourth-order valence-corrected chi connectivity index (χ4v) is 2.65. The lowest BCUT2D eigenvalue weighted by molar-refractivity contribution is 0.628. The number of nitrogens with one attached hydrogen (secondary N) is 1. The van der Waals surface area contributed by atoms with E-state index in [0.717, 1.165) is 24.8 Å². The molecule has 2 aromatic rings. The molecule has 0 bridgehead atoms. The second-order valence-electron chi connectivity index (χ2n) is 5.55. The van der Waals surface area contributed by atoms with Crippen LogP contribution in [-0.2, 0) is 6.54 Å². The predicted molar refractivity (Wildman–Crippen MR) is 101 cm³/mol. The van der Waals surface area contributed by atoms with Crippen molar-refractivity contribution in [3.8, 4) is 0 Å². The van der Waals surface area contributed by atoms with Gasteiger partial charge in [-0.05, 0) is 61.7 Å². The lowest BCUT2D eigenvalue weighted by atomic mass is 10.1. The van der Waals surface area contributed by atoms with Gasteiger partial charge >= 0.3 is 0 Å². The van der Waals surface area contributed by atoms with E-state index in [0.29, 0.717) is 0 Å². The Kier molecular flexibility index (Phi) is 7.66. The molecule has 1 aliphatic carbocycles. The first-order valence-corrected chi connectivity index (χ1v) is 7.61. The molecule has 0 aliphatic heterocycles. The predicted octanol–water partition coefficient (Wildman–Crippen LogP) is 5.27. The van der Waals surface area contributed by atoms with Gasteiger partial charge in [0.1, 0.15) is 5.82 Å². The Morgan fingerprint density at radius 2 is 1.78 bits per heavy atom. The van der Waals surface area contributed by atoms with E-state index >= 15 is 0 Å². The second-order valence-corrected chi connectivity index (χ2v) is 5.55. The molecule has 1 aliphatic rings. The van der Waals surface area contributed by atoms with Gasteiger partial charge in [-0.1, -0.05) is 12.1 Å². The molecule has 0 radical (unpaired) electrons. The van der Waals surface area contributed by atoms with Gasteiger partial charge in [0, 0.05) is 30.5 Å². The first-order chi connectivity index (χ1) is 10.3. The highest BCUT2D eigenvalue weighted by Gasteiger charge is 2.27. The van der Waals surface area contributed by atoms with Crippen molar-refractivity contribution in [3.05, 3.63) is 59.9 Å². The van der Waals surface area contributed by atoms with Gasteiger partial charge in [-0.2, -0.15) is 0 Å². The van der Waals surface area contributed by atoms with E-state index in [1.165, 1.54) is 36.2 Å². The van der Waals surface area contributed by atoms with Crippen molar-refractivity contribution in [2.24, 2.45) is 0 Å². The number of hydrogen-bond acceptors (Lipinski definition) is 2. The second kappa shape index (κ2) is 8.99. The molecular weight excluding hydrogens is 334 g/mol. The highest BCUT2D eigenvalue weighted by atomic mass is 35.5. The van der Waals surface area contributed by atoms with Gasteiger partial charge in [0.2, 0.25) is 0 Å². The Labute approximate surface area is 149 Å². The average Bonchev–Trinajstić information content (AvgIpc) is 3.33. The molecule has 3 rings (SSSR count). The van der Waals surface area contributed by atoms with Gasteiger partial charge in [-0.25, -0.2) is 4.39 Å². The Balaban J connectivity index is 0.00000132. The molecule has 2 nitrogen and oxygen atoms in total. The molecular formula is C18H23Cl2FN2. The summed E-state index contributed by atoms with van der Waals surface area (Å²) in [5.41, 5.74) is 3.49. The summed E-state index contributed by atoms with van der Waals surface area (Å²) in [6.07, 6.45) is 2.62. The van der Waals surface area contributed by atoms with Crippen molar-refractivity contribution in [2.45, 2.75) is 32.4 Å². The zero-order valence-electron chi connectivity index (χ0n) is 13.2. The minimum absolute atomic E-state index is 0. The quantitative estimate of drug-likeness (QED) is 0.758. The smallest absolute Gasteiger partial charge is 0.123 e. The molecule has 1 N–H and O–H groups in total. The third-order valence-electron chi connectivity index (χ3n) is 3.91. The summed E-state index contributed by atoms with van der Waals surface area (Å²) >= 11 is 0. The van der Waals surface area contributed by atoms with Gasteiger partial charge in [0.15, 0.2) is 0 Å². The van der Waals surface area contributed by atoms with Crippen LogP contribution in [-0.4, -0.2) is 12.6 Å². The SMILES string of the molecule is CCN(c1cccc(CNc2ccc(F)cc2)c1)C1CC1.Cl.Cl. The third kappa shape index (κ3) is 5.29. The molecule has 23 heavy (non-hydrogen) atoms. The van der Waals surface area contributed by atoms with Crippen molar-refractivity contribution in [1.82, 2.24) is 0 Å². The molecule has 1 fully saturated rings. The molecule has 1 saturated carbocycles. The molecule has 0 heterocycles. The van der Waals surface area contributed by atoms with Crippen LogP contribution in [0.4, 0.5) is 15.8 Å². The molecule has 0 unspecified atom stereocenters. The van der Waals surface area contributed by atoms with E-state index < -0.39 is 0 Å². The zero-order chi connectivity index (χ0) is 14.7. The number of benzene rings is 2. The maximum Gasteiger partial charge on any atom is 0.123 e. The van der Waals surface area contributed by atoms with Crippen LogP contribution in [0, 0.1) is 5.82 Å². The molecule has 0 spiro atoms. The molecule has 0 amide bonds. The number of halogens is 3. The van der Waals surface area contributed by atoms with Crippen molar-refractivity contribution >= 4 is 36.2 Å². The molecule has 0 atom stereocenters. The summed E-state index contributed by atoms with van der Waals surface area (Å²) in [5, 5.41) is 3.33. The summed E-state index contributed by atoms with van der Waals surface area (Å²) in [6, 6.07) is 15.9. The van der Waals surface area contributed by atoms with E-state index in [1.54, 1.807) is 12.1 Å². The summed E-state index contributed by atoms with van der Waals surface area (Å²) in [5.74, 6) is -0.203. The van der Waals surface area contributed by atoms with Crippen LogP contribution in [0.3, 0.4) is 0 Å². The van der Waals surface area contributed by atoms with Crippen LogP contribution in [0.25, 0.3) is 0 Å². The fraction of sp³-hybridized carbons (Fsp3) is 0.333. The number of rotatable bonds is 6. The number of hydrogen-bond donors (Lipinski definition) is 1. The molecule has 0 saturated heterocycles. The van der Waals surface area contributed by atoms with Gasteiger partial charge in [-0.3, -0.25) is 0 Å². The summed E-state index contributed by atoms with van der Waals surface area (Å²) in [6.45, 7) is 4.02. The average molecular weight is 357 g/mol. The highest BCUT2D eigenvalue weighted by molar-refractivity contribution is 5.85. The maximum absolute atomic E-state index is 12.9. The van der Waals surface area contributed by atoms with Gasteiger partial charge in [-0.15, -0.1) is 24.8 Å². The van der Waals surface area contributed by atoms with Crippen molar-refractivity contribution in [3.63, 3.8) is 0 Å². The fourth-order valence-electron chi connectivity index (χ4n) is 2.65. The first kappa shape index (κ1) is 19.6. The van der Waals surface area contributed by atoms with Crippen LogP contribution < -0.4 is 10.2 Å². The summed E-state index contributed by atoms with van der Waals surface area (Å²) in [4.78, 5) is 2.47. The Bertz CT molecular complexity index is 600. The van der Waals surface area contributed by atoms with E-state index in [9.17, 15) is 4.39 Å². The van der Waals surface area contributed by atoms with Crippen molar-refractivity contribution in [2.75, 3.05) is 16.8 Å². The first-order valence-electron chi connectivity index (χ1n) is 7.61. The van der Waals surface area contributed by atoms with Crippen molar-refractivity contribution < 1.29 is 4.39 Å². The highest BCUT2D eigenvalue weighted by Crippen LogP contribution is 2.31. The lowest BCUT2D eigenvalue weighted by Gasteiger charge is -2.23. The normalized spacial score (nSPS) is 12.8. The van der Waals surface area contributed by atoms with E-state index in [-0.39, 0.29) is 30.6 Å².